The zero-order valence-electron chi connectivity index (χ0n) is 12.2. The summed E-state index contributed by atoms with van der Waals surface area (Å²) in [4.78, 5) is 12.5. The van der Waals surface area contributed by atoms with E-state index in [4.69, 9.17) is 21.1 Å². The summed E-state index contributed by atoms with van der Waals surface area (Å²) < 4.78 is 10.3. The van der Waals surface area contributed by atoms with Gasteiger partial charge >= 0.3 is 0 Å². The van der Waals surface area contributed by atoms with E-state index < -0.39 is 5.78 Å². The van der Waals surface area contributed by atoms with Gasteiger partial charge in [-0.05, 0) is 24.3 Å². The molecule has 114 valence electrons. The molecule has 0 radical (unpaired) electrons. The largest absolute Gasteiger partial charge is 0.505 e. The van der Waals surface area contributed by atoms with Gasteiger partial charge in [0.25, 0.3) is 0 Å². The number of carbonyl (C=O) groups excluding carboxylic acids is 1. The quantitative estimate of drug-likeness (QED) is 0.513. The van der Waals surface area contributed by atoms with E-state index in [0.717, 1.165) is 0 Å². The second-order valence-electron chi connectivity index (χ2n) is 4.39. The molecular weight excluding hydrogens is 304 g/mol. The Labute approximate surface area is 133 Å². The van der Waals surface area contributed by atoms with Crippen LogP contribution in [-0.2, 0) is 0 Å². The minimum absolute atomic E-state index is 0.274. The van der Waals surface area contributed by atoms with Crippen LogP contribution in [0.25, 0.3) is 5.76 Å². The van der Waals surface area contributed by atoms with Crippen LogP contribution in [0.2, 0.25) is 0 Å². The summed E-state index contributed by atoms with van der Waals surface area (Å²) in [6.07, 6.45) is 0. The molecular formula is C17H15ClO4. The molecule has 0 aromatic heterocycles. The van der Waals surface area contributed by atoms with Gasteiger partial charge < -0.3 is 14.6 Å². The van der Waals surface area contributed by atoms with Gasteiger partial charge in [-0.1, -0.05) is 35.9 Å². The van der Waals surface area contributed by atoms with Crippen LogP contribution in [0, 0.1) is 0 Å². The highest BCUT2D eigenvalue weighted by molar-refractivity contribution is 6.48. The summed E-state index contributed by atoms with van der Waals surface area (Å²) in [6.45, 7) is 0. The Kier molecular flexibility index (Phi) is 5.07. The van der Waals surface area contributed by atoms with Gasteiger partial charge in [-0.3, -0.25) is 4.79 Å². The van der Waals surface area contributed by atoms with Gasteiger partial charge in [0.15, 0.2) is 0 Å². The van der Waals surface area contributed by atoms with Crippen molar-refractivity contribution in [1.29, 1.82) is 0 Å². The number of halogens is 1. The molecule has 22 heavy (non-hydrogen) atoms. The molecule has 2 aromatic rings. The molecule has 2 rings (SSSR count). The van der Waals surface area contributed by atoms with Crippen molar-refractivity contribution < 1.29 is 19.4 Å². The van der Waals surface area contributed by atoms with Gasteiger partial charge in [0, 0.05) is 0 Å². The first kappa shape index (κ1) is 15.9. The summed E-state index contributed by atoms with van der Waals surface area (Å²) in [5.74, 6) is -0.0537. The number of allylic oxidation sites excluding steroid dienone is 1. The van der Waals surface area contributed by atoms with E-state index in [1.807, 2.05) is 0 Å². The zero-order valence-corrected chi connectivity index (χ0v) is 12.9. The first-order valence-corrected chi connectivity index (χ1v) is 6.87. The van der Waals surface area contributed by atoms with Gasteiger partial charge in [0.05, 0.1) is 25.3 Å². The van der Waals surface area contributed by atoms with Crippen molar-refractivity contribution in [3.8, 4) is 11.5 Å². The van der Waals surface area contributed by atoms with E-state index in [1.54, 1.807) is 48.5 Å². The molecule has 0 bridgehead atoms. The van der Waals surface area contributed by atoms with Crippen LogP contribution in [0.5, 0.6) is 11.5 Å². The third kappa shape index (κ3) is 3.07. The second kappa shape index (κ2) is 7.00. The molecule has 0 heterocycles. The van der Waals surface area contributed by atoms with Crippen LogP contribution in [0.4, 0.5) is 0 Å². The van der Waals surface area contributed by atoms with Crippen molar-refractivity contribution in [2.45, 2.75) is 0 Å². The normalized spacial score (nSPS) is 11.6. The average Bonchev–Trinajstić information content (AvgIpc) is 2.59. The number of hydrogen-bond donors (Lipinski definition) is 1. The highest BCUT2D eigenvalue weighted by Crippen LogP contribution is 2.30. The van der Waals surface area contributed by atoms with Crippen molar-refractivity contribution in [3.05, 3.63) is 64.7 Å². The summed E-state index contributed by atoms with van der Waals surface area (Å²) in [7, 11) is 2.94. The van der Waals surface area contributed by atoms with Crippen LogP contribution in [-0.4, -0.2) is 25.1 Å². The Bertz CT molecular complexity index is 722. The topological polar surface area (TPSA) is 55.8 Å². The van der Waals surface area contributed by atoms with Crippen LogP contribution >= 0.6 is 11.6 Å². The highest BCUT2D eigenvalue weighted by Gasteiger charge is 2.21. The van der Waals surface area contributed by atoms with E-state index >= 15 is 0 Å². The number of para-hydroxylation sites is 2. The number of aliphatic hydroxyl groups is 1. The SMILES string of the molecule is COc1ccccc1C(=O)C(Cl)=C(O)c1ccccc1OC. The number of rotatable bonds is 5. The Morgan fingerprint density at radius 1 is 0.909 bits per heavy atom. The number of hydrogen-bond acceptors (Lipinski definition) is 4. The van der Waals surface area contributed by atoms with E-state index in [-0.39, 0.29) is 16.4 Å². The number of Topliss-reactive ketones (excluding diaryl/α,β-unsaturated/α-hetero) is 1. The fourth-order valence-electron chi connectivity index (χ4n) is 2.02. The lowest BCUT2D eigenvalue weighted by Gasteiger charge is -2.10. The Morgan fingerprint density at radius 3 is 1.91 bits per heavy atom. The van der Waals surface area contributed by atoms with E-state index in [2.05, 4.69) is 0 Å². The van der Waals surface area contributed by atoms with Crippen LogP contribution in [0.3, 0.4) is 0 Å². The first-order chi connectivity index (χ1) is 10.6. The molecule has 0 saturated heterocycles. The Morgan fingerprint density at radius 2 is 1.36 bits per heavy atom. The fraction of sp³-hybridized carbons (Fsp3) is 0.118. The van der Waals surface area contributed by atoms with Crippen LogP contribution in [0.15, 0.2) is 53.6 Å². The number of benzene rings is 2. The molecule has 0 fully saturated rings. The van der Waals surface area contributed by atoms with E-state index in [1.165, 1.54) is 14.2 Å². The minimum Gasteiger partial charge on any atom is -0.505 e. The number of carbonyl (C=O) groups is 1. The predicted molar refractivity (Wildman–Crippen MR) is 85.7 cm³/mol. The lowest BCUT2D eigenvalue weighted by atomic mass is 10.1. The minimum atomic E-state index is -0.525. The maximum absolute atomic E-state index is 12.5. The average molecular weight is 319 g/mol. The van der Waals surface area contributed by atoms with Crippen molar-refractivity contribution in [3.63, 3.8) is 0 Å². The van der Waals surface area contributed by atoms with Gasteiger partial charge in [-0.15, -0.1) is 0 Å². The molecule has 0 aliphatic heterocycles. The smallest absolute Gasteiger partial charge is 0.211 e. The summed E-state index contributed by atoms with van der Waals surface area (Å²) >= 11 is 6.08. The third-order valence-corrected chi connectivity index (χ3v) is 3.47. The predicted octanol–water partition coefficient (Wildman–Crippen LogP) is 4.05. The number of aliphatic hydroxyl groups excluding tert-OH is 1. The van der Waals surface area contributed by atoms with Gasteiger partial charge in [-0.25, -0.2) is 0 Å². The van der Waals surface area contributed by atoms with Gasteiger partial charge in [-0.2, -0.15) is 0 Å². The van der Waals surface area contributed by atoms with Crippen molar-refractivity contribution in [1.82, 2.24) is 0 Å². The summed E-state index contributed by atoms with van der Waals surface area (Å²) in [5.41, 5.74) is 0.620. The maximum Gasteiger partial charge on any atom is 0.211 e. The molecule has 0 unspecified atom stereocenters. The van der Waals surface area contributed by atoms with Crippen LogP contribution < -0.4 is 9.47 Å². The van der Waals surface area contributed by atoms with Crippen LogP contribution in [0.1, 0.15) is 15.9 Å². The lowest BCUT2D eigenvalue weighted by Crippen LogP contribution is -2.05. The number of methoxy groups -OCH3 is 2. The second-order valence-corrected chi connectivity index (χ2v) is 4.77. The Hall–Kier alpha value is -2.46. The number of ketones is 1. The van der Waals surface area contributed by atoms with Crippen molar-refractivity contribution in [2.24, 2.45) is 0 Å². The molecule has 0 saturated carbocycles. The lowest BCUT2D eigenvalue weighted by molar-refractivity contribution is 0.103. The zero-order chi connectivity index (χ0) is 16.1. The molecule has 1 N–H and O–H groups in total. The van der Waals surface area contributed by atoms with Crippen molar-refractivity contribution >= 4 is 23.1 Å². The summed E-state index contributed by atoms with van der Waals surface area (Å²) in [5, 5.41) is 10.0. The molecule has 0 aliphatic rings. The fourth-order valence-corrected chi connectivity index (χ4v) is 2.22. The first-order valence-electron chi connectivity index (χ1n) is 6.50. The molecule has 0 amide bonds. The molecule has 2 aromatic carbocycles. The Balaban J connectivity index is 2.48. The van der Waals surface area contributed by atoms with E-state index in [9.17, 15) is 9.90 Å². The molecule has 0 aliphatic carbocycles. The highest BCUT2D eigenvalue weighted by atomic mass is 35.5. The van der Waals surface area contributed by atoms with E-state index in [0.29, 0.717) is 17.1 Å². The monoisotopic (exact) mass is 318 g/mol. The third-order valence-electron chi connectivity index (χ3n) is 3.12. The standard InChI is InChI=1S/C17H15ClO4/c1-21-13-9-5-3-7-11(13)16(19)15(18)17(20)12-8-4-6-10-14(12)22-2/h3-10,19H,1-2H3. The molecule has 0 atom stereocenters. The molecule has 4 nitrogen and oxygen atoms in total. The maximum atomic E-state index is 12.5. The molecule has 0 spiro atoms. The van der Waals surface area contributed by atoms with Crippen molar-refractivity contribution in [2.75, 3.05) is 14.2 Å². The van der Waals surface area contributed by atoms with Gasteiger partial charge in [0.2, 0.25) is 5.78 Å². The summed E-state index contributed by atoms with van der Waals surface area (Å²) in [6, 6.07) is 13.4. The molecule has 5 heteroatoms. The number of ether oxygens (including phenoxy) is 2. The van der Waals surface area contributed by atoms with Gasteiger partial charge in [0.1, 0.15) is 22.3 Å².